The highest BCUT2D eigenvalue weighted by Crippen LogP contribution is 2.35. The van der Waals surface area contributed by atoms with Crippen LogP contribution in [0.4, 0.5) is 16.5 Å². The number of hydrogen-bond donors (Lipinski definition) is 0. The predicted octanol–water partition coefficient (Wildman–Crippen LogP) is 4.53. The molecule has 0 aliphatic rings. The third kappa shape index (κ3) is 6.16. The summed E-state index contributed by atoms with van der Waals surface area (Å²) in [4.78, 5) is 42.5. The predicted molar refractivity (Wildman–Crippen MR) is 133 cm³/mol. The number of aromatic nitrogens is 1. The number of carbonyl (C=O) groups is 1. The number of benzene rings is 2. The van der Waals surface area contributed by atoms with Crippen molar-refractivity contribution in [2.45, 2.75) is 13.3 Å². The molecule has 182 valence electrons. The first kappa shape index (κ1) is 26.9. The zero-order valence-electron chi connectivity index (χ0n) is 18.8. The Morgan fingerprint density at radius 3 is 2.29 bits per heavy atom. The van der Waals surface area contributed by atoms with Crippen molar-refractivity contribution in [3.8, 4) is 5.75 Å². The van der Waals surface area contributed by atoms with Crippen LogP contribution in [0.5, 0.6) is 5.75 Å². The fraction of sp³-hybridized carbons (Fsp3) is 0.333. The molecule has 0 saturated heterocycles. The highest BCUT2D eigenvalue weighted by atomic mass is 35.5. The van der Waals surface area contributed by atoms with Crippen molar-refractivity contribution in [3.05, 3.63) is 62.2 Å². The van der Waals surface area contributed by atoms with Crippen LogP contribution < -0.4 is 9.64 Å². The number of halogens is 1. The lowest BCUT2D eigenvalue weighted by atomic mass is 10.1. The topological polar surface area (TPSA) is 132 Å². The summed E-state index contributed by atoms with van der Waals surface area (Å²) in [5, 5.41) is 22.9. The number of ether oxygens (including phenoxy) is 1. The molecular formula is C21H24ClN5O6S. The van der Waals surface area contributed by atoms with Crippen molar-refractivity contribution < 1.29 is 19.4 Å². The van der Waals surface area contributed by atoms with E-state index in [-0.39, 0.29) is 24.5 Å². The van der Waals surface area contributed by atoms with Gasteiger partial charge in [-0.05, 0) is 46.1 Å². The Morgan fingerprint density at radius 1 is 1.09 bits per heavy atom. The van der Waals surface area contributed by atoms with Crippen LogP contribution in [-0.4, -0.2) is 59.4 Å². The fourth-order valence-corrected chi connectivity index (χ4v) is 4.22. The largest absolute Gasteiger partial charge is 0.492 e. The van der Waals surface area contributed by atoms with Crippen LogP contribution in [0.3, 0.4) is 0 Å². The lowest BCUT2D eigenvalue weighted by molar-refractivity contribution is -0.394. The molecule has 1 amide bonds. The molecule has 0 saturated carbocycles. The summed E-state index contributed by atoms with van der Waals surface area (Å²) in [7, 11) is 3.81. The number of para-hydroxylation sites is 1. The van der Waals surface area contributed by atoms with Gasteiger partial charge in [0.15, 0.2) is 5.13 Å². The average molecular weight is 510 g/mol. The van der Waals surface area contributed by atoms with E-state index in [0.29, 0.717) is 36.0 Å². The lowest BCUT2D eigenvalue weighted by Crippen LogP contribution is -2.33. The number of fused-ring (bicyclic) bond motifs is 1. The molecule has 1 heterocycles. The van der Waals surface area contributed by atoms with Crippen molar-refractivity contribution in [3.63, 3.8) is 0 Å². The zero-order chi connectivity index (χ0) is 24.1. The van der Waals surface area contributed by atoms with Gasteiger partial charge in [0.1, 0.15) is 11.3 Å². The third-order valence-corrected chi connectivity index (χ3v) is 5.75. The van der Waals surface area contributed by atoms with Crippen LogP contribution in [0.25, 0.3) is 10.2 Å². The molecule has 34 heavy (non-hydrogen) atoms. The smallest absolute Gasteiger partial charge is 0.277 e. The van der Waals surface area contributed by atoms with Crippen LogP contribution in [0.2, 0.25) is 0 Å². The number of rotatable bonds is 10. The minimum Gasteiger partial charge on any atom is -0.492 e. The Hall–Kier alpha value is -3.35. The molecule has 11 nitrogen and oxygen atoms in total. The van der Waals surface area contributed by atoms with Gasteiger partial charge in [-0.3, -0.25) is 29.9 Å². The molecule has 0 aliphatic carbocycles. The van der Waals surface area contributed by atoms with E-state index in [0.717, 1.165) is 22.9 Å². The second-order valence-corrected chi connectivity index (χ2v) is 8.41. The molecular weight excluding hydrogens is 486 g/mol. The Morgan fingerprint density at radius 2 is 1.74 bits per heavy atom. The number of hydrogen-bond acceptors (Lipinski definition) is 9. The Kier molecular flexibility index (Phi) is 9.24. The van der Waals surface area contributed by atoms with Gasteiger partial charge in [0, 0.05) is 18.7 Å². The number of carbonyl (C=O) groups excluding carboxylic acids is 1. The molecule has 0 spiro atoms. The van der Waals surface area contributed by atoms with Crippen molar-refractivity contribution >= 4 is 56.4 Å². The summed E-state index contributed by atoms with van der Waals surface area (Å²) >= 11 is 1.28. The highest BCUT2D eigenvalue weighted by Gasteiger charge is 2.26. The quantitative estimate of drug-likeness (QED) is 0.287. The van der Waals surface area contributed by atoms with Gasteiger partial charge in [0.25, 0.3) is 17.3 Å². The molecule has 0 radical (unpaired) electrons. The number of nitrogens with zero attached hydrogens (tertiary/aromatic N) is 5. The second-order valence-electron chi connectivity index (χ2n) is 7.40. The van der Waals surface area contributed by atoms with Gasteiger partial charge in [-0.1, -0.05) is 17.4 Å². The number of nitro groups is 2. The van der Waals surface area contributed by atoms with E-state index in [1.165, 1.54) is 16.2 Å². The molecule has 0 bridgehead atoms. The molecule has 0 fully saturated rings. The minimum atomic E-state index is -0.758. The molecule has 13 heteroatoms. The molecule has 0 aliphatic heterocycles. The fourth-order valence-electron chi connectivity index (χ4n) is 3.21. The van der Waals surface area contributed by atoms with E-state index in [2.05, 4.69) is 4.98 Å². The summed E-state index contributed by atoms with van der Waals surface area (Å²) in [5.41, 5.74) is -0.590. The van der Waals surface area contributed by atoms with Crippen molar-refractivity contribution in [2.75, 3.05) is 38.7 Å². The second kappa shape index (κ2) is 11.7. The first-order valence-electron chi connectivity index (χ1n) is 10.1. The van der Waals surface area contributed by atoms with Gasteiger partial charge in [-0.25, -0.2) is 4.98 Å². The van der Waals surface area contributed by atoms with Crippen molar-refractivity contribution in [1.82, 2.24) is 9.88 Å². The monoisotopic (exact) mass is 509 g/mol. The van der Waals surface area contributed by atoms with Crippen LogP contribution >= 0.6 is 23.7 Å². The van der Waals surface area contributed by atoms with Gasteiger partial charge in [-0.2, -0.15) is 0 Å². The maximum absolute atomic E-state index is 13.5. The van der Waals surface area contributed by atoms with Crippen LogP contribution in [-0.2, 0) is 0 Å². The maximum Gasteiger partial charge on any atom is 0.277 e. The Balaban J connectivity index is 0.00000408. The Bertz CT molecular complexity index is 1170. The molecule has 1 aromatic heterocycles. The summed E-state index contributed by atoms with van der Waals surface area (Å²) in [6, 6.07) is 8.41. The SMILES string of the molecule is CCOc1cccc2sc(N(CCCN(C)C)C(=O)c3cc([N+](=O)[O-])cc([N+](=O)[O-])c3)nc12.Cl. The molecule has 2 aromatic carbocycles. The van der Waals surface area contributed by atoms with Crippen molar-refractivity contribution in [2.24, 2.45) is 0 Å². The van der Waals surface area contributed by atoms with Crippen molar-refractivity contribution in [1.29, 1.82) is 0 Å². The maximum atomic E-state index is 13.5. The van der Waals surface area contributed by atoms with E-state index in [9.17, 15) is 25.0 Å². The van der Waals surface area contributed by atoms with Gasteiger partial charge in [-0.15, -0.1) is 12.4 Å². The molecule has 3 aromatic rings. The summed E-state index contributed by atoms with van der Waals surface area (Å²) in [6.45, 7) is 3.28. The van der Waals surface area contributed by atoms with Gasteiger partial charge in [0.2, 0.25) is 0 Å². The number of thiazole rings is 1. The number of non-ortho nitro benzene ring substituents is 2. The van der Waals surface area contributed by atoms with Crippen LogP contribution in [0, 0.1) is 20.2 Å². The normalized spacial score (nSPS) is 10.7. The van der Waals surface area contributed by atoms with E-state index >= 15 is 0 Å². The Labute approximate surface area is 205 Å². The zero-order valence-corrected chi connectivity index (χ0v) is 20.4. The van der Waals surface area contributed by atoms with E-state index in [4.69, 9.17) is 4.74 Å². The number of nitro benzene ring substituents is 2. The van der Waals surface area contributed by atoms with Crippen LogP contribution in [0.15, 0.2) is 36.4 Å². The highest BCUT2D eigenvalue weighted by molar-refractivity contribution is 7.22. The number of amides is 1. The average Bonchev–Trinajstić information content (AvgIpc) is 3.21. The standard InChI is InChI=1S/C21H23N5O6S.ClH/c1-4-32-17-7-5-8-18-19(17)22-21(33-18)24(10-6-9-23(2)3)20(27)14-11-15(25(28)29)13-16(12-14)26(30)31;/h5,7-8,11-13H,4,6,9-10H2,1-3H3;1H. The van der Waals surface area contributed by atoms with Crippen LogP contribution in [0.1, 0.15) is 23.7 Å². The first-order chi connectivity index (χ1) is 15.7. The first-order valence-corrected chi connectivity index (χ1v) is 11.0. The summed E-state index contributed by atoms with van der Waals surface area (Å²) in [6.07, 6.45) is 0.601. The van der Waals surface area contributed by atoms with E-state index in [1.807, 2.05) is 38.1 Å². The van der Waals surface area contributed by atoms with Gasteiger partial charge >= 0.3 is 0 Å². The molecule has 0 atom stereocenters. The third-order valence-electron chi connectivity index (χ3n) is 4.70. The molecule has 3 rings (SSSR count). The molecule has 0 unspecified atom stereocenters. The van der Waals surface area contributed by atoms with E-state index in [1.54, 1.807) is 6.07 Å². The summed E-state index contributed by atoms with van der Waals surface area (Å²) < 4.78 is 6.45. The van der Waals surface area contributed by atoms with Gasteiger partial charge in [0.05, 0.1) is 32.8 Å². The lowest BCUT2D eigenvalue weighted by Gasteiger charge is -2.21. The minimum absolute atomic E-state index is 0. The van der Waals surface area contributed by atoms with Gasteiger partial charge < -0.3 is 9.64 Å². The van der Waals surface area contributed by atoms with E-state index < -0.39 is 27.1 Å². The molecule has 0 N–H and O–H groups in total. The summed E-state index contributed by atoms with van der Waals surface area (Å²) in [5.74, 6) is -0.0123. The number of anilines is 1.